The summed E-state index contributed by atoms with van der Waals surface area (Å²) in [6, 6.07) is 23.7. The summed E-state index contributed by atoms with van der Waals surface area (Å²) in [6.45, 7) is 16.7. The number of benzene rings is 3. The van der Waals surface area contributed by atoms with Crippen LogP contribution in [-0.2, 0) is 30.8 Å². The molecular weight excluding hydrogens is 549 g/mol. The van der Waals surface area contributed by atoms with Crippen molar-refractivity contribution in [3.63, 3.8) is 0 Å². The van der Waals surface area contributed by atoms with Crippen LogP contribution in [0.2, 0.25) is 0 Å². The van der Waals surface area contributed by atoms with Crippen molar-refractivity contribution in [1.82, 2.24) is 4.98 Å². The fraction of sp³-hybridized carbons (Fsp3) is 0.312. The van der Waals surface area contributed by atoms with Gasteiger partial charge in [0.1, 0.15) is 11.5 Å². The summed E-state index contributed by atoms with van der Waals surface area (Å²) in [5.74, 6) is 0.793. The van der Waals surface area contributed by atoms with Crippen molar-refractivity contribution in [3.05, 3.63) is 101 Å². The molecule has 0 radical (unpaired) electrons. The topological polar surface area (TPSA) is 53.4 Å². The summed E-state index contributed by atoms with van der Waals surface area (Å²) in [6.07, 6.45) is 0. The summed E-state index contributed by atoms with van der Waals surface area (Å²) in [5, 5.41) is 20.3. The Bertz CT molecular complexity index is 1260. The molecule has 0 aliphatic rings. The van der Waals surface area contributed by atoms with E-state index in [1.807, 2.05) is 86.7 Å². The number of para-hydroxylation sites is 1. The molecule has 0 fully saturated rings. The Hall–Kier alpha value is -2.17. The third kappa shape index (κ3) is 10.9. The van der Waals surface area contributed by atoms with E-state index in [9.17, 15) is 10.2 Å². The minimum atomic E-state index is 0. The van der Waals surface area contributed by atoms with E-state index in [-0.39, 0.29) is 35.6 Å². The molecule has 0 spiro atoms. The molecule has 0 aliphatic heterocycles. The first kappa shape index (κ1) is 35.8. The number of phenolic OH excluding ortho intramolecular Hbond substituents is 2. The number of aromatic hydroxyl groups is 2. The molecule has 0 amide bonds. The van der Waals surface area contributed by atoms with E-state index >= 15 is 0 Å². The molecule has 2 N–H and O–H groups in total. The number of nitrogens with zero attached hydrogens (tertiary/aromatic N) is 1. The molecule has 0 aliphatic carbocycles. The molecular formula is C32H41Cl2NO2Ti. The molecule has 204 valence electrons. The number of fused-ring (bicyclic) bond motifs is 1. The van der Waals surface area contributed by atoms with Crippen molar-refractivity contribution in [1.29, 1.82) is 0 Å². The van der Waals surface area contributed by atoms with Gasteiger partial charge >= 0.3 is 82.3 Å². The standard InChI is InChI=1S/2C11H16O.C10H7N.2ClH.Ti/c2*1-8-5-6-10(12)9(7-8)11(2,3)4;1-8-6-7-9-4-2-3-5-10(9)11-8;;;/h2*5-7,12H,1-4H3;1-7H;2*1H;. The molecule has 0 saturated heterocycles. The van der Waals surface area contributed by atoms with Crippen molar-refractivity contribution in [3.8, 4) is 11.5 Å². The first-order valence-corrected chi connectivity index (χ1v) is 13.1. The van der Waals surface area contributed by atoms with Gasteiger partial charge in [0.05, 0.1) is 0 Å². The van der Waals surface area contributed by atoms with Crippen LogP contribution < -0.4 is 0 Å². The maximum absolute atomic E-state index is 9.57. The SMILES string of the molecule is Cc1ccc(O)c(C(C)(C)C)c1.Cc1ccc(O)c(C(C)(C)C)c1.Cl.Cl.[Ti]=[CH]c1ccc2ccccc2n1. The van der Waals surface area contributed by atoms with Gasteiger partial charge in [-0.2, -0.15) is 0 Å². The van der Waals surface area contributed by atoms with Crippen LogP contribution in [0.25, 0.3) is 10.9 Å². The average molecular weight is 590 g/mol. The molecule has 6 heteroatoms. The third-order valence-corrected chi connectivity index (χ3v) is 6.15. The number of aryl methyl sites for hydroxylation is 2. The van der Waals surface area contributed by atoms with Gasteiger partial charge in [0.2, 0.25) is 0 Å². The molecule has 3 aromatic carbocycles. The number of aromatic nitrogens is 1. The summed E-state index contributed by atoms with van der Waals surface area (Å²) in [7, 11) is 0. The zero-order valence-corrected chi connectivity index (χ0v) is 26.9. The van der Waals surface area contributed by atoms with Gasteiger partial charge in [-0.1, -0.05) is 76.9 Å². The Morgan fingerprint density at radius 1 is 0.658 bits per heavy atom. The zero-order chi connectivity index (χ0) is 27.1. The number of halogens is 2. The Morgan fingerprint density at radius 3 is 1.50 bits per heavy atom. The molecule has 1 aromatic heterocycles. The van der Waals surface area contributed by atoms with Crippen LogP contribution in [0, 0.1) is 13.8 Å². The second-order valence-corrected chi connectivity index (χ2v) is 11.6. The quantitative estimate of drug-likeness (QED) is 0.218. The van der Waals surface area contributed by atoms with Gasteiger partial charge in [0.25, 0.3) is 0 Å². The Labute approximate surface area is 252 Å². The van der Waals surface area contributed by atoms with Crippen LogP contribution in [0.5, 0.6) is 11.5 Å². The van der Waals surface area contributed by atoms with Crippen molar-refractivity contribution in [2.75, 3.05) is 0 Å². The van der Waals surface area contributed by atoms with Crippen molar-refractivity contribution >= 4 is 40.0 Å². The van der Waals surface area contributed by atoms with Gasteiger partial charge in [-0.05, 0) is 47.9 Å². The molecule has 1 heterocycles. The van der Waals surface area contributed by atoms with Gasteiger partial charge in [-0.3, -0.25) is 0 Å². The first-order valence-electron chi connectivity index (χ1n) is 12.2. The number of pyridine rings is 1. The normalized spacial score (nSPS) is 10.5. The van der Waals surface area contributed by atoms with Gasteiger partial charge < -0.3 is 10.2 Å². The van der Waals surface area contributed by atoms with Crippen LogP contribution in [-0.4, -0.2) is 19.5 Å². The Kier molecular flexibility index (Phi) is 14.6. The fourth-order valence-corrected chi connectivity index (χ4v) is 3.91. The predicted octanol–water partition coefficient (Wildman–Crippen LogP) is 8.77. The number of phenols is 2. The molecule has 0 saturated carbocycles. The van der Waals surface area contributed by atoms with E-state index in [1.165, 1.54) is 16.5 Å². The van der Waals surface area contributed by atoms with E-state index in [0.29, 0.717) is 11.5 Å². The maximum atomic E-state index is 9.57. The molecule has 3 nitrogen and oxygen atoms in total. The molecule has 0 bridgehead atoms. The van der Waals surface area contributed by atoms with Crippen LogP contribution in [0.15, 0.2) is 72.8 Å². The van der Waals surface area contributed by atoms with E-state index in [2.05, 4.69) is 58.7 Å². The van der Waals surface area contributed by atoms with Crippen LogP contribution in [0.3, 0.4) is 0 Å². The average Bonchev–Trinajstić information content (AvgIpc) is 2.81. The van der Waals surface area contributed by atoms with Crippen LogP contribution in [0.1, 0.15) is 69.5 Å². The summed E-state index contributed by atoms with van der Waals surface area (Å²) in [5.41, 5.74) is 6.56. The molecule has 4 rings (SSSR count). The van der Waals surface area contributed by atoms with Gasteiger partial charge in [-0.25, -0.2) is 0 Å². The first-order chi connectivity index (χ1) is 16.7. The van der Waals surface area contributed by atoms with E-state index < -0.39 is 0 Å². The van der Waals surface area contributed by atoms with Crippen LogP contribution in [0.4, 0.5) is 0 Å². The number of hydrogen-bond donors (Lipinski definition) is 2. The third-order valence-electron chi connectivity index (χ3n) is 5.69. The zero-order valence-electron chi connectivity index (χ0n) is 23.7. The monoisotopic (exact) mass is 589 g/mol. The molecule has 4 aromatic rings. The van der Waals surface area contributed by atoms with Crippen molar-refractivity contribution in [2.45, 2.75) is 66.2 Å². The summed E-state index contributed by atoms with van der Waals surface area (Å²) in [4.78, 5) is 4.44. The Balaban J connectivity index is 0.000000527. The minimum absolute atomic E-state index is 0. The van der Waals surface area contributed by atoms with Crippen molar-refractivity contribution in [2.24, 2.45) is 0 Å². The second-order valence-electron chi connectivity index (χ2n) is 11.1. The van der Waals surface area contributed by atoms with Crippen molar-refractivity contribution < 1.29 is 30.2 Å². The molecule has 0 unspecified atom stereocenters. The van der Waals surface area contributed by atoms with Crippen LogP contribution >= 0.6 is 24.8 Å². The number of rotatable bonds is 1. The van der Waals surface area contributed by atoms with E-state index in [1.54, 1.807) is 12.1 Å². The van der Waals surface area contributed by atoms with Gasteiger partial charge in [0, 0.05) is 0 Å². The summed E-state index contributed by atoms with van der Waals surface area (Å²) >= 11 is 2.00. The predicted molar refractivity (Wildman–Crippen MR) is 164 cm³/mol. The molecule has 0 atom stereocenters. The summed E-state index contributed by atoms with van der Waals surface area (Å²) < 4.78 is 2.01. The number of hydrogen-bond acceptors (Lipinski definition) is 3. The fourth-order valence-electron chi connectivity index (χ4n) is 3.66. The van der Waals surface area contributed by atoms with E-state index in [4.69, 9.17) is 0 Å². The van der Waals surface area contributed by atoms with E-state index in [0.717, 1.165) is 22.3 Å². The second kappa shape index (κ2) is 15.4. The van der Waals surface area contributed by atoms with Gasteiger partial charge in [-0.15, -0.1) is 24.8 Å². The Morgan fingerprint density at radius 2 is 1.11 bits per heavy atom. The molecule has 38 heavy (non-hydrogen) atoms. The van der Waals surface area contributed by atoms with Gasteiger partial charge in [0.15, 0.2) is 0 Å².